The summed E-state index contributed by atoms with van der Waals surface area (Å²) < 4.78 is 11.7. The van der Waals surface area contributed by atoms with Crippen LogP contribution in [0.1, 0.15) is 48.4 Å². The van der Waals surface area contributed by atoms with E-state index in [4.69, 9.17) is 20.3 Å². The van der Waals surface area contributed by atoms with E-state index in [1.165, 1.54) is 6.33 Å². The summed E-state index contributed by atoms with van der Waals surface area (Å²) in [6.07, 6.45) is 4.35. The average Bonchev–Trinajstić information content (AvgIpc) is 3.34. The molecule has 2 aliphatic rings. The number of rotatable bonds is 5. The Morgan fingerprint density at radius 2 is 2.10 bits per heavy atom. The minimum Gasteiger partial charge on any atom is -0.488 e. The predicted molar refractivity (Wildman–Crippen MR) is 113 cm³/mol. The Hall–Kier alpha value is -3.42. The third-order valence-corrected chi connectivity index (χ3v) is 5.68. The van der Waals surface area contributed by atoms with Crippen molar-refractivity contribution in [2.24, 2.45) is 0 Å². The molecule has 0 radical (unpaired) electrons. The second-order valence-corrected chi connectivity index (χ2v) is 8.21. The van der Waals surface area contributed by atoms with Crippen LogP contribution in [0.15, 0.2) is 35.0 Å². The van der Waals surface area contributed by atoms with Crippen LogP contribution in [0.25, 0.3) is 0 Å². The highest BCUT2D eigenvalue weighted by Crippen LogP contribution is 2.40. The standard InChI is InChI=1S/C22H24N6O2/c1-13-27-18-11-28(8-5-19(18)29-13)20-10-17(25-12-26-20)21(24)15-9-14(3-4-16(15)23)30-22(2)6-7-22/h3-4,9-10,12,24H,5-8,11,23H2,1-2H3. The molecule has 1 fully saturated rings. The molecule has 1 aromatic carbocycles. The first-order valence-corrected chi connectivity index (χ1v) is 10.1. The van der Waals surface area contributed by atoms with Crippen molar-refractivity contribution < 1.29 is 9.15 Å². The zero-order chi connectivity index (χ0) is 20.9. The highest BCUT2D eigenvalue weighted by molar-refractivity contribution is 6.13. The van der Waals surface area contributed by atoms with E-state index in [0.29, 0.717) is 29.4 Å². The first kappa shape index (κ1) is 18.6. The number of aromatic nitrogens is 3. The lowest BCUT2D eigenvalue weighted by atomic mass is 10.0. The molecular formula is C22H24N6O2. The van der Waals surface area contributed by atoms with Gasteiger partial charge >= 0.3 is 0 Å². The van der Waals surface area contributed by atoms with Crippen molar-refractivity contribution in [3.63, 3.8) is 0 Å². The van der Waals surface area contributed by atoms with E-state index in [9.17, 15) is 0 Å². The summed E-state index contributed by atoms with van der Waals surface area (Å²) in [6, 6.07) is 7.29. The summed E-state index contributed by atoms with van der Waals surface area (Å²) in [5.74, 6) is 3.11. The number of fused-ring (bicyclic) bond motifs is 1. The van der Waals surface area contributed by atoms with Crippen molar-refractivity contribution in [1.29, 1.82) is 5.41 Å². The zero-order valence-electron chi connectivity index (χ0n) is 17.1. The number of ether oxygens (including phenoxy) is 1. The number of hydrogen-bond acceptors (Lipinski definition) is 8. The zero-order valence-corrected chi connectivity index (χ0v) is 17.1. The summed E-state index contributed by atoms with van der Waals surface area (Å²) >= 11 is 0. The molecule has 0 bridgehead atoms. The number of aryl methyl sites for hydroxylation is 1. The van der Waals surface area contributed by atoms with Gasteiger partial charge in [0.1, 0.15) is 34.9 Å². The molecule has 1 saturated carbocycles. The number of anilines is 2. The molecule has 0 unspecified atom stereocenters. The van der Waals surface area contributed by atoms with E-state index in [1.54, 1.807) is 6.07 Å². The van der Waals surface area contributed by atoms with Crippen molar-refractivity contribution in [2.45, 2.75) is 45.3 Å². The third kappa shape index (κ3) is 3.49. The minimum atomic E-state index is -0.0930. The van der Waals surface area contributed by atoms with E-state index >= 15 is 0 Å². The van der Waals surface area contributed by atoms with Gasteiger partial charge in [0.05, 0.1) is 18.0 Å². The van der Waals surface area contributed by atoms with Crippen LogP contribution < -0.4 is 15.4 Å². The molecule has 0 atom stereocenters. The first-order valence-electron chi connectivity index (χ1n) is 10.1. The Balaban J connectivity index is 1.40. The van der Waals surface area contributed by atoms with Crippen LogP contribution in [0.5, 0.6) is 5.75 Å². The van der Waals surface area contributed by atoms with Crippen LogP contribution in [-0.4, -0.2) is 32.8 Å². The van der Waals surface area contributed by atoms with Gasteiger partial charge in [0.15, 0.2) is 5.89 Å². The van der Waals surface area contributed by atoms with Crippen molar-refractivity contribution >= 4 is 17.2 Å². The van der Waals surface area contributed by atoms with Gasteiger partial charge in [0.25, 0.3) is 0 Å². The molecule has 0 saturated heterocycles. The maximum atomic E-state index is 8.71. The normalized spacial score (nSPS) is 16.8. The van der Waals surface area contributed by atoms with Gasteiger partial charge in [-0.2, -0.15) is 0 Å². The van der Waals surface area contributed by atoms with E-state index in [-0.39, 0.29) is 11.3 Å². The number of nitrogens with one attached hydrogen (secondary N) is 1. The summed E-state index contributed by atoms with van der Waals surface area (Å²) in [4.78, 5) is 15.3. The molecule has 3 N–H and O–H groups in total. The molecule has 5 rings (SSSR count). The second kappa shape index (κ2) is 6.83. The molecule has 1 aliphatic carbocycles. The Morgan fingerprint density at radius 1 is 1.27 bits per heavy atom. The second-order valence-electron chi connectivity index (χ2n) is 8.21. The molecule has 30 heavy (non-hydrogen) atoms. The fourth-order valence-corrected chi connectivity index (χ4v) is 3.70. The summed E-state index contributed by atoms with van der Waals surface area (Å²) in [7, 11) is 0. The fraction of sp³-hybridized carbons (Fsp3) is 0.364. The van der Waals surface area contributed by atoms with Crippen molar-refractivity contribution in [1.82, 2.24) is 15.0 Å². The molecule has 8 nitrogen and oxygen atoms in total. The minimum absolute atomic E-state index is 0.0930. The van der Waals surface area contributed by atoms with Crippen LogP contribution >= 0.6 is 0 Å². The van der Waals surface area contributed by atoms with Crippen LogP contribution in [0.4, 0.5) is 11.5 Å². The van der Waals surface area contributed by atoms with Gasteiger partial charge < -0.3 is 19.8 Å². The maximum Gasteiger partial charge on any atom is 0.191 e. The lowest BCUT2D eigenvalue weighted by molar-refractivity contribution is 0.200. The number of nitrogen functional groups attached to an aromatic ring is 1. The van der Waals surface area contributed by atoms with Gasteiger partial charge in [0, 0.05) is 37.2 Å². The van der Waals surface area contributed by atoms with E-state index < -0.39 is 0 Å². The van der Waals surface area contributed by atoms with E-state index in [1.807, 2.05) is 25.1 Å². The largest absolute Gasteiger partial charge is 0.488 e. The number of hydrogen-bond donors (Lipinski definition) is 2. The molecule has 2 aromatic heterocycles. The van der Waals surface area contributed by atoms with Gasteiger partial charge in [-0.05, 0) is 38.0 Å². The fourth-order valence-electron chi connectivity index (χ4n) is 3.70. The summed E-state index contributed by atoms with van der Waals surface area (Å²) in [6.45, 7) is 5.35. The topological polar surface area (TPSA) is 114 Å². The lowest BCUT2D eigenvalue weighted by Crippen LogP contribution is -2.31. The highest BCUT2D eigenvalue weighted by atomic mass is 16.5. The van der Waals surface area contributed by atoms with Gasteiger partial charge in [-0.25, -0.2) is 15.0 Å². The number of oxazole rings is 1. The molecule has 154 valence electrons. The van der Waals surface area contributed by atoms with Crippen LogP contribution in [0.2, 0.25) is 0 Å². The van der Waals surface area contributed by atoms with E-state index in [0.717, 1.165) is 48.8 Å². The molecular weight excluding hydrogens is 380 g/mol. The van der Waals surface area contributed by atoms with Gasteiger partial charge in [0.2, 0.25) is 0 Å². The van der Waals surface area contributed by atoms with Crippen molar-refractivity contribution in [2.75, 3.05) is 17.2 Å². The Bertz CT molecular complexity index is 1130. The average molecular weight is 404 g/mol. The van der Waals surface area contributed by atoms with Gasteiger partial charge in [-0.15, -0.1) is 0 Å². The first-order chi connectivity index (χ1) is 14.4. The maximum absolute atomic E-state index is 8.71. The third-order valence-electron chi connectivity index (χ3n) is 5.68. The van der Waals surface area contributed by atoms with Gasteiger partial charge in [-0.1, -0.05) is 0 Å². The van der Waals surface area contributed by atoms with Crippen LogP contribution in [0.3, 0.4) is 0 Å². The van der Waals surface area contributed by atoms with Crippen molar-refractivity contribution in [3.8, 4) is 5.75 Å². The van der Waals surface area contributed by atoms with Crippen molar-refractivity contribution in [3.05, 3.63) is 59.2 Å². The predicted octanol–water partition coefficient (Wildman–Crippen LogP) is 3.27. The Kier molecular flexibility index (Phi) is 4.23. The van der Waals surface area contributed by atoms with E-state index in [2.05, 4.69) is 26.8 Å². The van der Waals surface area contributed by atoms with Crippen LogP contribution in [-0.2, 0) is 13.0 Å². The van der Waals surface area contributed by atoms with Crippen LogP contribution in [0, 0.1) is 12.3 Å². The quantitative estimate of drug-likeness (QED) is 0.495. The number of nitrogens with zero attached hydrogens (tertiary/aromatic N) is 4. The molecule has 3 aromatic rings. The smallest absolute Gasteiger partial charge is 0.191 e. The Labute approximate surface area is 174 Å². The number of nitrogens with two attached hydrogens (primary N) is 1. The molecule has 3 heterocycles. The molecule has 8 heteroatoms. The molecule has 0 spiro atoms. The Morgan fingerprint density at radius 3 is 2.90 bits per heavy atom. The summed E-state index contributed by atoms with van der Waals surface area (Å²) in [5, 5.41) is 8.71. The number of benzene rings is 1. The highest BCUT2D eigenvalue weighted by Gasteiger charge is 2.40. The summed E-state index contributed by atoms with van der Waals surface area (Å²) in [5.41, 5.74) is 8.92. The molecule has 0 amide bonds. The molecule has 1 aliphatic heterocycles. The SMILES string of the molecule is Cc1nc2c(o1)CCN(c1cc(C(=N)c3cc(OC4(C)CC4)ccc3N)ncn1)C2. The van der Waals surface area contributed by atoms with Gasteiger partial charge in [-0.3, -0.25) is 5.41 Å². The lowest BCUT2D eigenvalue weighted by Gasteiger charge is -2.26. The monoisotopic (exact) mass is 404 g/mol.